The van der Waals surface area contributed by atoms with Gasteiger partial charge in [0.1, 0.15) is 12.4 Å². The maximum absolute atomic E-state index is 13.8. The number of rotatable bonds is 8. The first-order valence-corrected chi connectivity index (χ1v) is 14.5. The van der Waals surface area contributed by atoms with Crippen LogP contribution in [-0.2, 0) is 22.6 Å². The first-order valence-electron chi connectivity index (χ1n) is 14.5. The SMILES string of the molecule is C=CCc1cc(C2C3=C(CC(C)(C)CC3=O)NC3=C2C(=O)CC(C)(C)C3)cc(OCC)c1OCc1cccc(F)c1. The zero-order valence-electron chi connectivity index (χ0n) is 24.8. The fourth-order valence-corrected chi connectivity index (χ4v) is 6.59. The molecule has 0 saturated carbocycles. The normalized spacial score (nSPS) is 19.9. The predicted octanol–water partition coefficient (Wildman–Crippen LogP) is 7.51. The van der Waals surface area contributed by atoms with Crippen LogP contribution in [0.4, 0.5) is 4.39 Å². The smallest absolute Gasteiger partial charge is 0.165 e. The number of allylic oxidation sites excluding steroid dienone is 5. The van der Waals surface area contributed by atoms with Gasteiger partial charge in [-0.2, -0.15) is 0 Å². The molecule has 0 amide bonds. The topological polar surface area (TPSA) is 64.6 Å². The van der Waals surface area contributed by atoms with Gasteiger partial charge in [0.25, 0.3) is 0 Å². The molecular weight excluding hydrogens is 517 g/mol. The van der Waals surface area contributed by atoms with E-state index in [1.54, 1.807) is 12.1 Å². The Hall–Kier alpha value is -3.67. The number of ketones is 2. The van der Waals surface area contributed by atoms with Crippen molar-refractivity contribution < 1.29 is 23.5 Å². The number of hydrogen-bond acceptors (Lipinski definition) is 5. The maximum Gasteiger partial charge on any atom is 0.165 e. The summed E-state index contributed by atoms with van der Waals surface area (Å²) in [4.78, 5) is 27.6. The van der Waals surface area contributed by atoms with E-state index < -0.39 is 5.92 Å². The molecule has 0 saturated heterocycles. The highest BCUT2D eigenvalue weighted by molar-refractivity contribution is 6.06. The lowest BCUT2D eigenvalue weighted by Crippen LogP contribution is -2.42. The van der Waals surface area contributed by atoms with Gasteiger partial charge in [0.05, 0.1) is 6.61 Å². The molecule has 0 atom stereocenters. The van der Waals surface area contributed by atoms with E-state index in [4.69, 9.17) is 9.47 Å². The van der Waals surface area contributed by atoms with Crippen molar-refractivity contribution in [2.24, 2.45) is 10.8 Å². The third-order valence-corrected chi connectivity index (χ3v) is 8.14. The number of hydrogen-bond donors (Lipinski definition) is 1. The Balaban J connectivity index is 1.66. The van der Waals surface area contributed by atoms with Crippen molar-refractivity contribution in [2.45, 2.75) is 79.2 Å². The van der Waals surface area contributed by atoms with E-state index in [0.717, 1.165) is 35.4 Å². The quantitative estimate of drug-likeness (QED) is 0.341. The zero-order valence-corrected chi connectivity index (χ0v) is 24.8. The number of Topliss-reactive ketones (excluding diaryl/α,β-unsaturated/α-hetero) is 2. The first-order chi connectivity index (χ1) is 19.4. The van der Waals surface area contributed by atoms with E-state index in [9.17, 15) is 14.0 Å². The average Bonchev–Trinajstić information content (AvgIpc) is 2.85. The molecule has 0 unspecified atom stereocenters. The van der Waals surface area contributed by atoms with Crippen molar-refractivity contribution >= 4 is 11.6 Å². The highest BCUT2D eigenvalue weighted by atomic mass is 19.1. The second-order valence-electron chi connectivity index (χ2n) is 13.1. The highest BCUT2D eigenvalue weighted by Gasteiger charge is 2.46. The molecular formula is C35H40FNO4. The molecule has 2 aromatic carbocycles. The second kappa shape index (κ2) is 11.0. The minimum Gasteiger partial charge on any atom is -0.490 e. The summed E-state index contributed by atoms with van der Waals surface area (Å²) >= 11 is 0. The van der Waals surface area contributed by atoms with Gasteiger partial charge in [-0.15, -0.1) is 6.58 Å². The molecule has 41 heavy (non-hydrogen) atoms. The zero-order chi connectivity index (χ0) is 29.5. The van der Waals surface area contributed by atoms with Gasteiger partial charge >= 0.3 is 0 Å². The number of dihydropyridines is 1. The Kier molecular flexibility index (Phi) is 7.71. The van der Waals surface area contributed by atoms with Crippen molar-refractivity contribution in [3.63, 3.8) is 0 Å². The van der Waals surface area contributed by atoms with Gasteiger partial charge in [-0.05, 0) is 66.3 Å². The van der Waals surface area contributed by atoms with E-state index >= 15 is 0 Å². The number of carbonyl (C=O) groups excluding carboxylic acids is 2. The fraction of sp³-hybridized carbons (Fsp3) is 0.429. The van der Waals surface area contributed by atoms with Gasteiger partial charge in [-0.1, -0.05) is 52.0 Å². The summed E-state index contributed by atoms with van der Waals surface area (Å²) in [6.45, 7) is 14.9. The Bertz CT molecular complexity index is 1430. The standard InChI is InChI=1S/C35H40FNO4/c1-7-10-22-14-23(15-29(40-8-2)33(22)41-20-21-11-9-12-24(36)13-21)30-31-25(16-34(3,4)18-27(31)38)37-26-17-35(5,6)19-28(39)32(26)30/h7,9,11-15,30,37H,1,8,10,16-20H2,2-6H3. The molecule has 0 spiro atoms. The third-order valence-electron chi connectivity index (χ3n) is 8.14. The van der Waals surface area contributed by atoms with E-state index in [1.165, 1.54) is 12.1 Å². The average molecular weight is 558 g/mol. The van der Waals surface area contributed by atoms with Crippen LogP contribution in [0.1, 0.15) is 82.9 Å². The van der Waals surface area contributed by atoms with Gasteiger partial charge < -0.3 is 14.8 Å². The molecule has 216 valence electrons. The van der Waals surface area contributed by atoms with Crippen molar-refractivity contribution in [1.29, 1.82) is 0 Å². The van der Waals surface area contributed by atoms with Gasteiger partial charge in [-0.3, -0.25) is 9.59 Å². The molecule has 3 aliphatic rings. The molecule has 0 bridgehead atoms. The second-order valence-corrected chi connectivity index (χ2v) is 13.1. The van der Waals surface area contributed by atoms with Crippen LogP contribution < -0.4 is 14.8 Å². The first kappa shape index (κ1) is 28.8. The number of benzene rings is 2. The van der Waals surface area contributed by atoms with Gasteiger partial charge in [-0.25, -0.2) is 4.39 Å². The number of ether oxygens (including phenoxy) is 2. The van der Waals surface area contributed by atoms with Crippen LogP contribution in [0.3, 0.4) is 0 Å². The van der Waals surface area contributed by atoms with Crippen LogP contribution in [0.2, 0.25) is 0 Å². The summed E-state index contributed by atoms with van der Waals surface area (Å²) in [5.74, 6) is 0.448. The largest absolute Gasteiger partial charge is 0.490 e. The Labute approximate surface area is 242 Å². The van der Waals surface area contributed by atoms with Crippen LogP contribution in [0.5, 0.6) is 11.5 Å². The van der Waals surface area contributed by atoms with Crippen LogP contribution in [0.25, 0.3) is 0 Å². The van der Waals surface area contributed by atoms with Gasteiger partial charge in [0, 0.05) is 46.9 Å². The van der Waals surface area contributed by atoms with Crippen molar-refractivity contribution in [3.05, 3.63) is 94.1 Å². The molecule has 1 N–H and O–H groups in total. The molecule has 5 rings (SSSR count). The lowest BCUT2D eigenvalue weighted by molar-refractivity contribution is -0.119. The monoisotopic (exact) mass is 557 g/mol. The number of halogens is 1. The summed E-state index contributed by atoms with van der Waals surface area (Å²) in [5.41, 5.74) is 5.28. The molecule has 2 aromatic rings. The summed E-state index contributed by atoms with van der Waals surface area (Å²) in [6, 6.07) is 10.3. The van der Waals surface area contributed by atoms with Crippen LogP contribution in [0, 0.1) is 16.6 Å². The van der Waals surface area contributed by atoms with E-state index in [0.29, 0.717) is 54.1 Å². The molecule has 0 aromatic heterocycles. The summed E-state index contributed by atoms with van der Waals surface area (Å²) in [6.07, 6.45) is 4.63. The minimum absolute atomic E-state index is 0.0765. The van der Waals surface area contributed by atoms with E-state index in [1.807, 2.05) is 25.1 Å². The van der Waals surface area contributed by atoms with Gasteiger partial charge in [0.2, 0.25) is 0 Å². The van der Waals surface area contributed by atoms with Crippen molar-refractivity contribution in [2.75, 3.05) is 6.61 Å². The Morgan fingerprint density at radius 1 is 0.951 bits per heavy atom. The number of nitrogens with one attached hydrogen (secondary N) is 1. The molecule has 0 radical (unpaired) electrons. The Morgan fingerprint density at radius 3 is 2.15 bits per heavy atom. The Morgan fingerprint density at radius 2 is 1.59 bits per heavy atom. The summed E-state index contributed by atoms with van der Waals surface area (Å²) in [5, 5.41) is 3.58. The van der Waals surface area contributed by atoms with E-state index in [2.05, 4.69) is 39.6 Å². The van der Waals surface area contributed by atoms with Crippen LogP contribution >= 0.6 is 0 Å². The van der Waals surface area contributed by atoms with Crippen LogP contribution in [0.15, 0.2) is 71.6 Å². The minimum atomic E-state index is -0.478. The fourth-order valence-electron chi connectivity index (χ4n) is 6.59. The van der Waals surface area contributed by atoms with Gasteiger partial charge in [0.15, 0.2) is 23.1 Å². The lowest BCUT2D eigenvalue weighted by Gasteiger charge is -2.44. The molecule has 6 heteroatoms. The third kappa shape index (κ3) is 5.88. The molecule has 2 aliphatic carbocycles. The molecule has 1 aliphatic heterocycles. The molecule has 0 fully saturated rings. The van der Waals surface area contributed by atoms with Crippen LogP contribution in [-0.4, -0.2) is 18.2 Å². The highest BCUT2D eigenvalue weighted by Crippen LogP contribution is 2.52. The number of carbonyl (C=O) groups is 2. The predicted molar refractivity (Wildman–Crippen MR) is 158 cm³/mol. The van der Waals surface area contributed by atoms with Crippen molar-refractivity contribution in [3.8, 4) is 11.5 Å². The van der Waals surface area contributed by atoms with Crippen molar-refractivity contribution in [1.82, 2.24) is 5.32 Å². The molecule has 1 heterocycles. The van der Waals surface area contributed by atoms with E-state index in [-0.39, 0.29) is 34.8 Å². The lowest BCUT2D eigenvalue weighted by atomic mass is 9.64. The maximum atomic E-state index is 13.8. The summed E-state index contributed by atoms with van der Waals surface area (Å²) < 4.78 is 26.2. The summed E-state index contributed by atoms with van der Waals surface area (Å²) in [7, 11) is 0. The molecule has 5 nitrogen and oxygen atoms in total.